The van der Waals surface area contributed by atoms with Crippen molar-refractivity contribution in [2.45, 2.75) is 6.92 Å². The van der Waals surface area contributed by atoms with Crippen molar-refractivity contribution in [3.8, 4) is 22.5 Å². The van der Waals surface area contributed by atoms with Crippen LogP contribution in [-0.4, -0.2) is 16.0 Å². The summed E-state index contributed by atoms with van der Waals surface area (Å²) in [5, 5.41) is 0. The van der Waals surface area contributed by atoms with E-state index < -0.39 is 0 Å². The SMILES string of the molecule is Cc1c(Br)cccc1-c1cc2ccn(C=O)cc-2n1. The van der Waals surface area contributed by atoms with Crippen LogP contribution in [0.3, 0.4) is 0 Å². The van der Waals surface area contributed by atoms with E-state index in [1.54, 1.807) is 12.4 Å². The number of hydrogen-bond acceptors (Lipinski definition) is 2. The van der Waals surface area contributed by atoms with Crippen LogP contribution in [0.25, 0.3) is 22.5 Å². The Kier molecular flexibility index (Phi) is 2.95. The van der Waals surface area contributed by atoms with Crippen molar-refractivity contribution in [3.63, 3.8) is 0 Å². The molecule has 0 aliphatic carbocycles. The van der Waals surface area contributed by atoms with Gasteiger partial charge in [0.25, 0.3) is 0 Å². The third kappa shape index (κ3) is 2.08. The molecule has 1 aromatic rings. The molecule has 94 valence electrons. The molecule has 0 saturated carbocycles. The van der Waals surface area contributed by atoms with Crippen LogP contribution in [-0.2, 0) is 4.79 Å². The number of hydrogen-bond donors (Lipinski definition) is 0. The molecule has 0 radical (unpaired) electrons. The molecule has 3 rings (SSSR count). The van der Waals surface area contributed by atoms with E-state index >= 15 is 0 Å². The van der Waals surface area contributed by atoms with Crippen molar-refractivity contribution in [1.29, 1.82) is 0 Å². The van der Waals surface area contributed by atoms with Crippen molar-refractivity contribution >= 4 is 22.3 Å². The van der Waals surface area contributed by atoms with Gasteiger partial charge in [0.05, 0.1) is 11.4 Å². The molecule has 19 heavy (non-hydrogen) atoms. The molecule has 3 nitrogen and oxygen atoms in total. The number of fused-ring (bicyclic) bond motifs is 1. The van der Waals surface area contributed by atoms with Crippen molar-refractivity contribution < 1.29 is 4.79 Å². The summed E-state index contributed by atoms with van der Waals surface area (Å²) in [6, 6.07) is 10.0. The number of halogens is 1. The number of carbonyl (C=O) groups is 1. The monoisotopic (exact) mass is 314 g/mol. The first-order valence-corrected chi connectivity index (χ1v) is 6.67. The zero-order valence-corrected chi connectivity index (χ0v) is 11.9. The summed E-state index contributed by atoms with van der Waals surface area (Å²) in [4.78, 5) is 15.3. The number of benzene rings is 1. The number of rotatable bonds is 2. The molecule has 2 aliphatic heterocycles. The van der Waals surface area contributed by atoms with Gasteiger partial charge in [-0.15, -0.1) is 0 Å². The van der Waals surface area contributed by atoms with Gasteiger partial charge in [-0.3, -0.25) is 9.36 Å². The lowest BCUT2D eigenvalue weighted by molar-refractivity contribution is 0.547. The minimum atomic E-state index is 0.762. The zero-order chi connectivity index (χ0) is 13.4. The normalized spacial score (nSPS) is 10.8. The lowest BCUT2D eigenvalue weighted by Gasteiger charge is -2.04. The molecule has 0 bridgehead atoms. The summed E-state index contributed by atoms with van der Waals surface area (Å²) in [6.07, 6.45) is 4.23. The van der Waals surface area contributed by atoms with Crippen LogP contribution in [0.2, 0.25) is 0 Å². The van der Waals surface area contributed by atoms with E-state index in [-0.39, 0.29) is 0 Å². The summed E-state index contributed by atoms with van der Waals surface area (Å²) in [5.74, 6) is 0. The topological polar surface area (TPSA) is 34.9 Å². The molecule has 0 spiro atoms. The fourth-order valence-corrected chi connectivity index (χ4v) is 2.49. The van der Waals surface area contributed by atoms with Crippen LogP contribution in [0.5, 0.6) is 0 Å². The Balaban J connectivity index is 2.19. The molecule has 1 aromatic carbocycles. The van der Waals surface area contributed by atoms with Gasteiger partial charge in [-0.25, -0.2) is 4.98 Å². The molecule has 0 aromatic heterocycles. The van der Waals surface area contributed by atoms with Crippen LogP contribution >= 0.6 is 15.9 Å². The van der Waals surface area contributed by atoms with Gasteiger partial charge >= 0.3 is 0 Å². The quantitative estimate of drug-likeness (QED) is 0.675. The van der Waals surface area contributed by atoms with Crippen LogP contribution in [0.1, 0.15) is 5.56 Å². The van der Waals surface area contributed by atoms with Gasteiger partial charge < -0.3 is 0 Å². The molecule has 2 heterocycles. The molecule has 0 saturated heterocycles. The van der Waals surface area contributed by atoms with Crippen molar-refractivity contribution in [3.05, 3.63) is 52.8 Å². The highest BCUT2D eigenvalue weighted by Crippen LogP contribution is 2.32. The number of carbonyl (C=O) groups excluding carboxylic acids is 1. The molecule has 0 N–H and O–H groups in total. The Morgan fingerprint density at radius 2 is 2.11 bits per heavy atom. The molecule has 0 unspecified atom stereocenters. The van der Waals surface area contributed by atoms with Gasteiger partial charge in [-0.05, 0) is 30.7 Å². The van der Waals surface area contributed by atoms with Gasteiger partial charge in [0, 0.05) is 28.0 Å². The molecule has 2 aliphatic rings. The second-order valence-corrected chi connectivity index (χ2v) is 5.25. The Morgan fingerprint density at radius 1 is 1.26 bits per heavy atom. The maximum absolute atomic E-state index is 10.8. The van der Waals surface area contributed by atoms with Crippen LogP contribution in [0.15, 0.2) is 47.2 Å². The van der Waals surface area contributed by atoms with Crippen molar-refractivity contribution in [2.75, 3.05) is 0 Å². The highest BCUT2D eigenvalue weighted by Gasteiger charge is 2.12. The van der Waals surface area contributed by atoms with Gasteiger partial charge in [0.2, 0.25) is 6.41 Å². The maximum Gasteiger partial charge on any atom is 0.217 e. The number of aromatic nitrogens is 2. The third-order valence-corrected chi connectivity index (χ3v) is 4.05. The molecule has 0 fully saturated rings. The molecule has 0 atom stereocenters. The van der Waals surface area contributed by atoms with E-state index in [0.29, 0.717) is 0 Å². The Labute approximate surface area is 119 Å². The first-order valence-electron chi connectivity index (χ1n) is 5.88. The zero-order valence-electron chi connectivity index (χ0n) is 10.3. The van der Waals surface area contributed by atoms with Crippen LogP contribution < -0.4 is 0 Å². The first kappa shape index (κ1) is 12.1. The van der Waals surface area contributed by atoms with Crippen LogP contribution in [0.4, 0.5) is 0 Å². The third-order valence-electron chi connectivity index (χ3n) is 3.19. The molecule has 4 heteroatoms. The van der Waals surface area contributed by atoms with E-state index in [0.717, 1.165) is 39.0 Å². The smallest absolute Gasteiger partial charge is 0.217 e. The number of pyridine rings is 1. The lowest BCUT2D eigenvalue weighted by atomic mass is 10.1. The van der Waals surface area contributed by atoms with E-state index in [1.165, 1.54) is 4.57 Å². The summed E-state index contributed by atoms with van der Waals surface area (Å²) >= 11 is 3.53. The summed E-state index contributed by atoms with van der Waals surface area (Å²) in [5.41, 5.74) is 5.05. The van der Waals surface area contributed by atoms with Gasteiger partial charge in [0.15, 0.2) is 0 Å². The van der Waals surface area contributed by atoms with E-state index in [2.05, 4.69) is 33.9 Å². The molecule has 0 amide bonds. The predicted octanol–water partition coefficient (Wildman–Crippen LogP) is 3.76. The molecular formula is C15H11BrN2O. The highest BCUT2D eigenvalue weighted by atomic mass is 79.9. The molecular weight excluding hydrogens is 304 g/mol. The minimum Gasteiger partial charge on any atom is -0.295 e. The van der Waals surface area contributed by atoms with Crippen LogP contribution in [0, 0.1) is 6.92 Å². The standard InChI is InChI=1S/C15H11BrN2O/c1-10-12(3-2-4-13(10)16)14-7-11-5-6-18(9-19)8-15(11)17-14/h2-9H,1H3. The minimum absolute atomic E-state index is 0.762. The van der Waals surface area contributed by atoms with Gasteiger partial charge in [0.1, 0.15) is 0 Å². The Morgan fingerprint density at radius 3 is 2.89 bits per heavy atom. The van der Waals surface area contributed by atoms with Gasteiger partial charge in [-0.2, -0.15) is 0 Å². The summed E-state index contributed by atoms with van der Waals surface area (Å²) in [6.45, 7) is 2.06. The van der Waals surface area contributed by atoms with Crippen molar-refractivity contribution in [2.24, 2.45) is 0 Å². The average molecular weight is 315 g/mol. The van der Waals surface area contributed by atoms with Crippen molar-refractivity contribution in [1.82, 2.24) is 9.55 Å². The second-order valence-electron chi connectivity index (χ2n) is 4.39. The van der Waals surface area contributed by atoms with E-state index in [9.17, 15) is 4.79 Å². The Bertz CT molecular complexity index is 733. The van der Waals surface area contributed by atoms with Gasteiger partial charge in [-0.1, -0.05) is 28.1 Å². The maximum atomic E-state index is 10.8. The number of nitrogens with zero attached hydrogens (tertiary/aromatic N) is 2. The largest absolute Gasteiger partial charge is 0.295 e. The fraction of sp³-hybridized carbons (Fsp3) is 0.0667. The summed E-state index contributed by atoms with van der Waals surface area (Å²) in [7, 11) is 0. The first-order chi connectivity index (χ1) is 9.19. The lowest BCUT2D eigenvalue weighted by Crippen LogP contribution is -1.95. The van der Waals surface area contributed by atoms with E-state index in [1.807, 2.05) is 24.3 Å². The summed E-state index contributed by atoms with van der Waals surface area (Å²) < 4.78 is 2.53. The Hall–Kier alpha value is -1.94. The average Bonchev–Trinajstić information content (AvgIpc) is 2.84. The fourth-order valence-electron chi connectivity index (χ4n) is 2.12. The highest BCUT2D eigenvalue weighted by molar-refractivity contribution is 9.10. The second kappa shape index (κ2) is 4.63. The predicted molar refractivity (Wildman–Crippen MR) is 78.9 cm³/mol. The van der Waals surface area contributed by atoms with E-state index in [4.69, 9.17) is 0 Å².